The third kappa shape index (κ3) is 7.44. The van der Waals surface area contributed by atoms with Gasteiger partial charge in [0.15, 0.2) is 0 Å². The molecule has 3 heteroatoms. The highest BCUT2D eigenvalue weighted by Crippen LogP contribution is 2.17. The zero-order valence-corrected chi connectivity index (χ0v) is 12.7. The maximum Gasteiger partial charge on any atom is 0.101 e. The Bertz CT molecular complexity index is 362. The third-order valence-electron chi connectivity index (χ3n) is 3.16. The van der Waals surface area contributed by atoms with Crippen molar-refractivity contribution in [1.29, 1.82) is 0 Å². The summed E-state index contributed by atoms with van der Waals surface area (Å²) in [5, 5.41) is 0.604. The van der Waals surface area contributed by atoms with Gasteiger partial charge >= 0.3 is 0 Å². The van der Waals surface area contributed by atoms with Crippen LogP contribution in [0.2, 0.25) is 6.32 Å². The van der Waals surface area contributed by atoms with Crippen molar-refractivity contribution >= 4 is 24.5 Å². The van der Waals surface area contributed by atoms with Crippen LogP contribution in [0.5, 0.6) is 0 Å². The smallest absolute Gasteiger partial charge is 0.101 e. The standard InChI is InChI=1S/C16H24BClO/c1-14(18)16-9-7-15(8-10-16)6-2-4-12-19-13-5-3-11-17/h7-10H,1-6,11-13,17H2. The molecule has 1 aromatic rings. The first kappa shape index (κ1) is 16.3. The second kappa shape index (κ2) is 10.1. The maximum atomic E-state index is 5.84. The molecule has 1 rings (SSSR count). The quantitative estimate of drug-likeness (QED) is 0.463. The maximum absolute atomic E-state index is 5.84. The van der Waals surface area contributed by atoms with E-state index >= 15 is 0 Å². The van der Waals surface area contributed by atoms with Crippen LogP contribution in [0.1, 0.15) is 36.8 Å². The van der Waals surface area contributed by atoms with E-state index in [0.29, 0.717) is 5.03 Å². The van der Waals surface area contributed by atoms with Crippen molar-refractivity contribution in [2.24, 2.45) is 0 Å². The van der Waals surface area contributed by atoms with Gasteiger partial charge in [0.2, 0.25) is 0 Å². The van der Waals surface area contributed by atoms with Crippen LogP contribution >= 0.6 is 11.6 Å². The fourth-order valence-corrected chi connectivity index (χ4v) is 2.07. The lowest BCUT2D eigenvalue weighted by molar-refractivity contribution is 0.127. The minimum Gasteiger partial charge on any atom is -0.381 e. The molecule has 1 nitrogen and oxygen atoms in total. The molecule has 0 aromatic heterocycles. The molecule has 1 aromatic carbocycles. The fourth-order valence-electron chi connectivity index (χ4n) is 1.94. The predicted molar refractivity (Wildman–Crippen MR) is 87.7 cm³/mol. The highest BCUT2D eigenvalue weighted by atomic mass is 35.5. The molecule has 0 unspecified atom stereocenters. The van der Waals surface area contributed by atoms with E-state index in [1.165, 1.54) is 31.1 Å². The zero-order chi connectivity index (χ0) is 13.9. The summed E-state index contributed by atoms with van der Waals surface area (Å²) in [6.45, 7) is 5.53. The van der Waals surface area contributed by atoms with Crippen molar-refractivity contribution in [3.05, 3.63) is 42.0 Å². The average molecular weight is 279 g/mol. The van der Waals surface area contributed by atoms with E-state index < -0.39 is 0 Å². The van der Waals surface area contributed by atoms with E-state index in [2.05, 4.69) is 26.6 Å². The van der Waals surface area contributed by atoms with Gasteiger partial charge in [-0.25, -0.2) is 0 Å². The van der Waals surface area contributed by atoms with Crippen molar-refractivity contribution in [1.82, 2.24) is 0 Å². The molecule has 0 N–H and O–H groups in total. The van der Waals surface area contributed by atoms with E-state index in [0.717, 1.165) is 31.6 Å². The molecule has 0 spiro atoms. The summed E-state index contributed by atoms with van der Waals surface area (Å²) < 4.78 is 5.60. The van der Waals surface area contributed by atoms with Crippen molar-refractivity contribution in [2.75, 3.05) is 13.2 Å². The van der Waals surface area contributed by atoms with Gasteiger partial charge in [0.25, 0.3) is 0 Å². The Morgan fingerprint density at radius 2 is 1.68 bits per heavy atom. The van der Waals surface area contributed by atoms with Crippen LogP contribution in [0.4, 0.5) is 0 Å². The van der Waals surface area contributed by atoms with Gasteiger partial charge < -0.3 is 4.74 Å². The normalized spacial score (nSPS) is 10.6. The first-order valence-electron chi connectivity index (χ1n) is 7.25. The third-order valence-corrected chi connectivity index (χ3v) is 3.38. The molecular formula is C16H24BClO. The Morgan fingerprint density at radius 3 is 2.26 bits per heavy atom. The van der Waals surface area contributed by atoms with Crippen LogP contribution in [0, 0.1) is 0 Å². The molecule has 0 aliphatic heterocycles. The van der Waals surface area contributed by atoms with Crippen LogP contribution in [-0.2, 0) is 11.2 Å². The first-order valence-corrected chi connectivity index (χ1v) is 7.63. The lowest BCUT2D eigenvalue weighted by Gasteiger charge is -2.05. The molecule has 0 bridgehead atoms. The number of aryl methyl sites for hydroxylation is 1. The Kier molecular flexibility index (Phi) is 8.69. The minimum atomic E-state index is 0.604. The van der Waals surface area contributed by atoms with Crippen molar-refractivity contribution in [3.63, 3.8) is 0 Å². The van der Waals surface area contributed by atoms with Crippen LogP contribution < -0.4 is 0 Å². The van der Waals surface area contributed by atoms with E-state index in [1.807, 2.05) is 12.1 Å². The summed E-state index contributed by atoms with van der Waals surface area (Å²) in [6.07, 6.45) is 7.14. The van der Waals surface area contributed by atoms with Gasteiger partial charge in [-0.05, 0) is 36.8 Å². The van der Waals surface area contributed by atoms with Gasteiger partial charge in [0, 0.05) is 18.2 Å². The monoisotopic (exact) mass is 278 g/mol. The summed E-state index contributed by atoms with van der Waals surface area (Å²) in [5.74, 6) is 0. The van der Waals surface area contributed by atoms with E-state index in [4.69, 9.17) is 16.3 Å². The SMILES string of the molecule is BCCCCOCCCCc1ccc(C(=C)Cl)cc1. The van der Waals surface area contributed by atoms with Crippen molar-refractivity contribution in [2.45, 2.75) is 38.4 Å². The van der Waals surface area contributed by atoms with Gasteiger partial charge in [-0.1, -0.05) is 55.2 Å². The number of halogens is 1. The van der Waals surface area contributed by atoms with Gasteiger partial charge in [-0.15, -0.1) is 0 Å². The highest BCUT2D eigenvalue weighted by Gasteiger charge is 1.97. The van der Waals surface area contributed by atoms with Crippen LogP contribution in [0.25, 0.3) is 5.03 Å². The topological polar surface area (TPSA) is 9.23 Å². The van der Waals surface area contributed by atoms with Crippen molar-refractivity contribution in [3.8, 4) is 0 Å². The van der Waals surface area contributed by atoms with Gasteiger partial charge in [0.05, 0.1) is 0 Å². The molecule has 0 aliphatic rings. The lowest BCUT2D eigenvalue weighted by Crippen LogP contribution is -1.98. The predicted octanol–water partition coefficient (Wildman–Crippen LogP) is 4.07. The Balaban J connectivity index is 2.07. The number of unbranched alkanes of at least 4 members (excludes halogenated alkanes) is 2. The number of hydrogen-bond donors (Lipinski definition) is 0. The average Bonchev–Trinajstić information content (AvgIpc) is 2.42. The molecule has 0 aliphatic carbocycles. The second-order valence-electron chi connectivity index (χ2n) is 4.88. The second-order valence-corrected chi connectivity index (χ2v) is 5.33. The Labute approximate surface area is 123 Å². The number of benzene rings is 1. The minimum absolute atomic E-state index is 0.604. The molecule has 0 amide bonds. The lowest BCUT2D eigenvalue weighted by atomic mass is 10.0. The number of rotatable bonds is 10. The highest BCUT2D eigenvalue weighted by molar-refractivity contribution is 6.48. The summed E-state index contributed by atoms with van der Waals surface area (Å²) in [6, 6.07) is 8.33. The fraction of sp³-hybridized carbons (Fsp3) is 0.500. The van der Waals surface area contributed by atoms with Crippen LogP contribution in [-0.4, -0.2) is 21.1 Å². The zero-order valence-electron chi connectivity index (χ0n) is 12.0. The van der Waals surface area contributed by atoms with Crippen molar-refractivity contribution < 1.29 is 4.74 Å². The largest absolute Gasteiger partial charge is 0.381 e. The molecule has 19 heavy (non-hydrogen) atoms. The molecule has 0 radical (unpaired) electrons. The van der Waals surface area contributed by atoms with E-state index in [9.17, 15) is 0 Å². The van der Waals surface area contributed by atoms with Gasteiger partial charge in [-0.2, -0.15) is 0 Å². The van der Waals surface area contributed by atoms with Crippen LogP contribution in [0.15, 0.2) is 30.8 Å². The van der Waals surface area contributed by atoms with E-state index in [-0.39, 0.29) is 0 Å². The first-order chi connectivity index (χ1) is 9.24. The van der Waals surface area contributed by atoms with Crippen LogP contribution in [0.3, 0.4) is 0 Å². The number of ether oxygens (including phenoxy) is 1. The summed E-state index contributed by atoms with van der Waals surface area (Å²) in [5.41, 5.74) is 2.36. The molecule has 0 saturated carbocycles. The molecule has 104 valence electrons. The molecule has 0 saturated heterocycles. The molecule has 0 heterocycles. The van der Waals surface area contributed by atoms with Gasteiger partial charge in [-0.3, -0.25) is 0 Å². The van der Waals surface area contributed by atoms with E-state index in [1.54, 1.807) is 0 Å². The molecular weight excluding hydrogens is 254 g/mol. The number of hydrogen-bond acceptors (Lipinski definition) is 1. The molecule has 0 atom stereocenters. The Hall–Kier alpha value is -0.725. The van der Waals surface area contributed by atoms with Gasteiger partial charge in [0.1, 0.15) is 7.85 Å². The molecule has 0 fully saturated rings. The Morgan fingerprint density at radius 1 is 1.05 bits per heavy atom. The summed E-state index contributed by atoms with van der Waals surface area (Å²) in [4.78, 5) is 0. The summed E-state index contributed by atoms with van der Waals surface area (Å²) >= 11 is 5.84. The summed E-state index contributed by atoms with van der Waals surface area (Å²) in [7, 11) is 2.21.